The quantitative estimate of drug-likeness (QED) is 0.284. The zero-order valence-corrected chi connectivity index (χ0v) is 24.8. The number of ether oxygens (including phenoxy) is 3. The molecule has 1 heterocycles. The first-order valence-electron chi connectivity index (χ1n) is 13.9. The lowest BCUT2D eigenvalue weighted by Crippen LogP contribution is -2.45. The van der Waals surface area contributed by atoms with Crippen LogP contribution in [-0.2, 0) is 0 Å². The number of hydrogen-bond acceptors (Lipinski definition) is 5. The summed E-state index contributed by atoms with van der Waals surface area (Å²) in [5.41, 5.74) is 1.34. The molecular weight excluding hydrogens is 563 g/mol. The third-order valence-corrected chi connectivity index (χ3v) is 8.36. The van der Waals surface area contributed by atoms with Crippen LogP contribution in [0.3, 0.4) is 0 Å². The summed E-state index contributed by atoms with van der Waals surface area (Å²) in [5.74, 6) is 1.71. The van der Waals surface area contributed by atoms with Gasteiger partial charge >= 0.3 is 0 Å². The summed E-state index contributed by atoms with van der Waals surface area (Å²) >= 11 is 3.69. The Balaban J connectivity index is 1.59. The lowest BCUT2D eigenvalue weighted by molar-refractivity contribution is 0.0713. The van der Waals surface area contributed by atoms with Gasteiger partial charge in [-0.05, 0) is 74.1 Å². The van der Waals surface area contributed by atoms with Crippen molar-refractivity contribution in [1.29, 1.82) is 0 Å². The minimum Gasteiger partial charge on any atom is -0.493 e. The van der Waals surface area contributed by atoms with E-state index < -0.39 is 0 Å². The van der Waals surface area contributed by atoms with E-state index in [0.29, 0.717) is 41.9 Å². The molecule has 2 aliphatic rings. The number of benzene rings is 2. The topological polar surface area (TPSA) is 51.2 Å². The fourth-order valence-corrected chi connectivity index (χ4v) is 6.44. The number of rotatable bonds is 11. The van der Waals surface area contributed by atoms with Gasteiger partial charge in [0.2, 0.25) is 5.75 Å². The lowest BCUT2D eigenvalue weighted by atomic mass is 9.89. The fraction of sp³-hybridized carbons (Fsp3) is 0.516. The highest BCUT2D eigenvalue weighted by Gasteiger charge is 2.31. The highest BCUT2D eigenvalue weighted by molar-refractivity contribution is 9.11. The van der Waals surface area contributed by atoms with Gasteiger partial charge in [-0.25, -0.2) is 4.39 Å². The predicted molar refractivity (Wildman–Crippen MR) is 156 cm³/mol. The Morgan fingerprint density at radius 2 is 1.67 bits per heavy atom. The van der Waals surface area contributed by atoms with Gasteiger partial charge in [0.25, 0.3) is 5.91 Å². The summed E-state index contributed by atoms with van der Waals surface area (Å²) in [6.45, 7) is 3.21. The Kier molecular flexibility index (Phi) is 10.7. The summed E-state index contributed by atoms with van der Waals surface area (Å²) in [4.78, 5) is 18.6. The second-order valence-electron chi connectivity index (χ2n) is 10.5. The molecule has 1 aliphatic carbocycles. The van der Waals surface area contributed by atoms with Crippen molar-refractivity contribution < 1.29 is 23.4 Å². The average molecular weight is 604 g/mol. The maximum Gasteiger partial charge on any atom is 0.254 e. The first-order chi connectivity index (χ1) is 18.9. The minimum atomic E-state index is -0.276. The van der Waals surface area contributed by atoms with E-state index in [-0.39, 0.29) is 11.7 Å². The van der Waals surface area contributed by atoms with E-state index in [4.69, 9.17) is 14.2 Å². The van der Waals surface area contributed by atoms with Gasteiger partial charge in [-0.1, -0.05) is 47.3 Å². The summed E-state index contributed by atoms with van der Waals surface area (Å²) in [7, 11) is 4.65. The van der Waals surface area contributed by atoms with Crippen molar-refractivity contribution in [2.45, 2.75) is 51.0 Å². The first-order valence-corrected chi connectivity index (χ1v) is 14.7. The molecule has 0 N–H and O–H groups in total. The number of likely N-dealkylation sites (tertiary alicyclic amines) is 1. The van der Waals surface area contributed by atoms with Gasteiger partial charge < -0.3 is 19.1 Å². The van der Waals surface area contributed by atoms with Gasteiger partial charge in [0.1, 0.15) is 5.82 Å². The van der Waals surface area contributed by atoms with E-state index in [1.165, 1.54) is 44.2 Å². The highest BCUT2D eigenvalue weighted by atomic mass is 79.9. The molecule has 0 radical (unpaired) electrons. The molecule has 6 nitrogen and oxygen atoms in total. The molecular formula is C31H40BrFN2O4. The zero-order valence-electron chi connectivity index (χ0n) is 23.3. The molecule has 1 saturated carbocycles. The van der Waals surface area contributed by atoms with Crippen molar-refractivity contribution in [2.75, 3.05) is 47.5 Å². The number of nitrogens with zero attached hydrogens (tertiary/aromatic N) is 2. The zero-order chi connectivity index (χ0) is 27.8. The van der Waals surface area contributed by atoms with E-state index in [1.807, 2.05) is 11.0 Å². The SMILES string of the molecule is COc1cc(C(=O)N(C/C(Br)=C/c2ccc(F)cc2)CC2CCCN2CC2CCCCC2)cc(OC)c1OC. The molecule has 39 heavy (non-hydrogen) atoms. The van der Waals surface area contributed by atoms with E-state index in [1.54, 1.807) is 45.6 Å². The van der Waals surface area contributed by atoms with Gasteiger partial charge in [-0.15, -0.1) is 0 Å². The van der Waals surface area contributed by atoms with Crippen LogP contribution in [0, 0.1) is 11.7 Å². The van der Waals surface area contributed by atoms with Gasteiger partial charge in [0.15, 0.2) is 11.5 Å². The van der Waals surface area contributed by atoms with Crippen molar-refractivity contribution in [3.8, 4) is 17.2 Å². The largest absolute Gasteiger partial charge is 0.493 e. The van der Waals surface area contributed by atoms with Crippen LogP contribution in [0.2, 0.25) is 0 Å². The minimum absolute atomic E-state index is 0.108. The van der Waals surface area contributed by atoms with Crippen molar-refractivity contribution in [2.24, 2.45) is 5.92 Å². The Bertz CT molecular complexity index is 1110. The Morgan fingerprint density at radius 3 is 2.28 bits per heavy atom. The lowest BCUT2D eigenvalue weighted by Gasteiger charge is -2.34. The predicted octanol–water partition coefficient (Wildman–Crippen LogP) is 6.77. The van der Waals surface area contributed by atoms with Gasteiger partial charge in [0.05, 0.1) is 27.9 Å². The van der Waals surface area contributed by atoms with Gasteiger partial charge in [-0.3, -0.25) is 9.69 Å². The van der Waals surface area contributed by atoms with Crippen LogP contribution in [0.4, 0.5) is 4.39 Å². The molecule has 2 fully saturated rings. The van der Waals surface area contributed by atoms with Gasteiger partial charge in [-0.2, -0.15) is 0 Å². The van der Waals surface area contributed by atoms with Crippen LogP contribution in [0.5, 0.6) is 17.2 Å². The maximum atomic E-state index is 14.1. The number of methoxy groups -OCH3 is 3. The molecule has 1 aliphatic heterocycles. The molecule has 2 aromatic carbocycles. The number of halogens is 2. The molecule has 1 unspecified atom stereocenters. The molecule has 0 bridgehead atoms. The van der Waals surface area contributed by atoms with Crippen LogP contribution in [0.25, 0.3) is 6.08 Å². The fourth-order valence-electron chi connectivity index (χ4n) is 5.87. The van der Waals surface area contributed by atoms with E-state index >= 15 is 0 Å². The normalized spacial score (nSPS) is 18.7. The summed E-state index contributed by atoms with van der Waals surface area (Å²) in [5, 5.41) is 0. The van der Waals surface area contributed by atoms with Crippen molar-refractivity contribution >= 4 is 27.9 Å². The molecule has 0 spiro atoms. The van der Waals surface area contributed by atoms with Gasteiger partial charge in [0, 0.05) is 29.2 Å². The number of hydrogen-bond donors (Lipinski definition) is 0. The Labute approximate surface area is 240 Å². The second kappa shape index (κ2) is 14.2. The molecule has 2 aromatic rings. The summed E-state index contributed by atoms with van der Waals surface area (Å²) in [6, 6.07) is 10.1. The third-order valence-electron chi connectivity index (χ3n) is 7.88. The summed E-state index contributed by atoms with van der Waals surface area (Å²) in [6.07, 6.45) is 10.8. The second-order valence-corrected chi connectivity index (χ2v) is 11.6. The standard InChI is InChI=1S/C31H40BrFN2O4/c1-37-28-17-24(18-29(38-2)30(28)39-3)31(36)35(20-25(32)16-22-11-13-26(33)14-12-22)21-27-10-7-15-34(27)19-23-8-5-4-6-9-23/h11-14,16-18,23,27H,4-10,15,19-21H2,1-3H3/b25-16-. The Morgan fingerprint density at radius 1 is 1.00 bits per heavy atom. The van der Waals surface area contributed by atoms with E-state index in [0.717, 1.165) is 41.9 Å². The number of amides is 1. The van der Waals surface area contributed by atoms with E-state index in [9.17, 15) is 9.18 Å². The molecule has 1 atom stereocenters. The molecule has 0 aromatic heterocycles. The van der Waals surface area contributed by atoms with Crippen molar-refractivity contribution in [3.63, 3.8) is 0 Å². The number of carbonyl (C=O) groups is 1. The van der Waals surface area contributed by atoms with Crippen LogP contribution in [0.1, 0.15) is 60.9 Å². The third kappa shape index (κ3) is 7.76. The van der Waals surface area contributed by atoms with E-state index in [2.05, 4.69) is 20.8 Å². The van der Waals surface area contributed by atoms with Crippen LogP contribution < -0.4 is 14.2 Å². The maximum absolute atomic E-state index is 14.1. The first kappa shape index (κ1) is 29.4. The highest BCUT2D eigenvalue weighted by Crippen LogP contribution is 2.39. The van der Waals surface area contributed by atoms with Crippen LogP contribution in [0.15, 0.2) is 40.9 Å². The summed E-state index contributed by atoms with van der Waals surface area (Å²) < 4.78 is 30.8. The molecule has 1 saturated heterocycles. The molecule has 1 amide bonds. The Hall–Kier alpha value is -2.58. The van der Waals surface area contributed by atoms with Crippen LogP contribution in [-0.4, -0.2) is 69.3 Å². The molecule has 8 heteroatoms. The smallest absolute Gasteiger partial charge is 0.254 e. The van der Waals surface area contributed by atoms with Crippen molar-refractivity contribution in [1.82, 2.24) is 9.80 Å². The molecule has 4 rings (SSSR count). The van der Waals surface area contributed by atoms with Crippen LogP contribution >= 0.6 is 15.9 Å². The number of carbonyl (C=O) groups excluding carboxylic acids is 1. The molecule has 212 valence electrons. The monoisotopic (exact) mass is 602 g/mol. The van der Waals surface area contributed by atoms with Crippen molar-refractivity contribution in [3.05, 3.63) is 57.8 Å². The average Bonchev–Trinajstić information content (AvgIpc) is 3.39.